The number of carboxylic acid groups (broad SMARTS) is 1. The maximum absolute atomic E-state index is 13.4. The number of halogens is 1. The molecule has 2 aromatic rings. The number of aliphatic carboxylic acids is 1. The zero-order valence-electron chi connectivity index (χ0n) is 23.0. The van der Waals surface area contributed by atoms with Crippen molar-refractivity contribution in [2.75, 3.05) is 32.7 Å². The van der Waals surface area contributed by atoms with Gasteiger partial charge in [-0.15, -0.1) is 0 Å². The first-order valence-corrected chi connectivity index (χ1v) is 15.0. The molecule has 0 radical (unpaired) electrons. The van der Waals surface area contributed by atoms with Gasteiger partial charge in [-0.2, -0.15) is 0 Å². The second-order valence-electron chi connectivity index (χ2n) is 12.3. The van der Waals surface area contributed by atoms with Gasteiger partial charge >= 0.3 is 5.97 Å². The third kappa shape index (κ3) is 6.84. The van der Waals surface area contributed by atoms with Gasteiger partial charge in [0.2, 0.25) is 0 Å². The molecule has 0 spiro atoms. The molecule has 2 aliphatic heterocycles. The SMILES string of the molecule is Cc1cc(F)ccc1CCCC1CCN(C[C@H]2CN([C@H](CC3CCC3)C(=O)O)C[C@@H]2c2ccccc2)CC1. The predicted molar refractivity (Wildman–Crippen MR) is 151 cm³/mol. The van der Waals surface area contributed by atoms with Crippen molar-refractivity contribution in [3.63, 3.8) is 0 Å². The highest BCUT2D eigenvalue weighted by Gasteiger charge is 2.41. The van der Waals surface area contributed by atoms with E-state index in [1.54, 1.807) is 12.1 Å². The molecular formula is C33H45FN2O2. The Labute approximate surface area is 228 Å². The van der Waals surface area contributed by atoms with Gasteiger partial charge in [0.1, 0.15) is 11.9 Å². The Morgan fingerprint density at radius 2 is 1.79 bits per heavy atom. The molecule has 2 aromatic carbocycles. The molecule has 0 unspecified atom stereocenters. The number of nitrogens with zero attached hydrogens (tertiary/aromatic N) is 2. The lowest BCUT2D eigenvalue weighted by Gasteiger charge is -2.35. The van der Waals surface area contributed by atoms with E-state index < -0.39 is 5.97 Å². The average molecular weight is 521 g/mol. The number of carbonyl (C=O) groups is 1. The van der Waals surface area contributed by atoms with E-state index in [-0.39, 0.29) is 11.9 Å². The Morgan fingerprint density at radius 1 is 1.03 bits per heavy atom. The summed E-state index contributed by atoms with van der Waals surface area (Å²) in [6, 6.07) is 15.6. The van der Waals surface area contributed by atoms with Crippen molar-refractivity contribution in [1.82, 2.24) is 9.80 Å². The molecule has 4 nitrogen and oxygen atoms in total. The van der Waals surface area contributed by atoms with Crippen LogP contribution in [0.4, 0.5) is 4.39 Å². The molecule has 1 N–H and O–H groups in total. The molecule has 0 bridgehead atoms. The normalized spacial score (nSPS) is 24.4. The molecule has 5 rings (SSSR count). The van der Waals surface area contributed by atoms with E-state index in [1.165, 1.54) is 56.1 Å². The molecule has 5 heteroatoms. The summed E-state index contributed by atoms with van der Waals surface area (Å²) >= 11 is 0. The van der Waals surface area contributed by atoms with Crippen LogP contribution in [0.5, 0.6) is 0 Å². The third-order valence-corrected chi connectivity index (χ3v) is 9.77. The monoisotopic (exact) mass is 520 g/mol. The summed E-state index contributed by atoms with van der Waals surface area (Å²) in [5.41, 5.74) is 3.70. The number of benzene rings is 2. The predicted octanol–water partition coefficient (Wildman–Crippen LogP) is 6.53. The summed E-state index contributed by atoms with van der Waals surface area (Å²) in [6.45, 7) is 7.10. The number of hydrogen-bond donors (Lipinski definition) is 1. The van der Waals surface area contributed by atoms with Crippen LogP contribution < -0.4 is 0 Å². The summed E-state index contributed by atoms with van der Waals surface area (Å²) in [6.07, 6.45) is 10.4. The fourth-order valence-corrected chi connectivity index (χ4v) is 7.18. The molecule has 2 saturated heterocycles. The Kier molecular flexibility index (Phi) is 9.16. The molecule has 1 saturated carbocycles. The van der Waals surface area contributed by atoms with Gasteiger partial charge in [0, 0.05) is 25.6 Å². The van der Waals surface area contributed by atoms with E-state index in [9.17, 15) is 14.3 Å². The van der Waals surface area contributed by atoms with Gasteiger partial charge in [-0.3, -0.25) is 9.69 Å². The Morgan fingerprint density at radius 3 is 2.45 bits per heavy atom. The van der Waals surface area contributed by atoms with E-state index in [4.69, 9.17) is 0 Å². The molecule has 3 aliphatic rings. The lowest BCUT2D eigenvalue weighted by atomic mass is 9.80. The van der Waals surface area contributed by atoms with Crippen molar-refractivity contribution >= 4 is 5.97 Å². The van der Waals surface area contributed by atoms with Crippen molar-refractivity contribution in [1.29, 1.82) is 0 Å². The second-order valence-corrected chi connectivity index (χ2v) is 12.3. The van der Waals surface area contributed by atoms with Gasteiger partial charge < -0.3 is 10.0 Å². The summed E-state index contributed by atoms with van der Waals surface area (Å²) < 4.78 is 13.4. The fraction of sp³-hybridized carbons (Fsp3) is 0.606. The van der Waals surface area contributed by atoms with Gasteiger partial charge in [-0.25, -0.2) is 4.39 Å². The van der Waals surface area contributed by atoms with E-state index >= 15 is 0 Å². The molecule has 3 atom stereocenters. The Hall–Kier alpha value is -2.24. The highest BCUT2D eigenvalue weighted by atomic mass is 19.1. The van der Waals surface area contributed by atoms with Crippen LogP contribution >= 0.6 is 0 Å². The zero-order chi connectivity index (χ0) is 26.5. The van der Waals surface area contributed by atoms with Crippen molar-refractivity contribution in [3.8, 4) is 0 Å². The highest BCUT2D eigenvalue weighted by molar-refractivity contribution is 5.73. The van der Waals surface area contributed by atoms with E-state index in [2.05, 4.69) is 40.1 Å². The maximum atomic E-state index is 13.4. The van der Waals surface area contributed by atoms with Crippen LogP contribution in [0.2, 0.25) is 0 Å². The Balaban J connectivity index is 1.14. The number of piperidine rings is 1. The fourth-order valence-electron chi connectivity index (χ4n) is 7.18. The second kappa shape index (κ2) is 12.7. The standard InChI is InChI=1S/C33H45FN2O2/c1-24-19-30(34)14-13-27(24)12-6-7-25-15-17-35(18-16-25)21-29-22-36(23-31(29)28-10-3-2-4-11-28)32(33(37)38)20-26-8-5-9-26/h2-4,10-11,13-14,19,25-26,29,31-32H,5-9,12,15-18,20-23H2,1H3,(H,37,38)/t29-,31+,32+/m0/s1. The molecular weight excluding hydrogens is 475 g/mol. The van der Waals surface area contributed by atoms with Crippen LogP contribution in [0.25, 0.3) is 0 Å². The van der Waals surface area contributed by atoms with Gasteiger partial charge in [0.25, 0.3) is 0 Å². The third-order valence-electron chi connectivity index (χ3n) is 9.77. The first kappa shape index (κ1) is 27.3. The first-order chi connectivity index (χ1) is 18.5. The molecule has 1 aliphatic carbocycles. The Bertz CT molecular complexity index is 1050. The van der Waals surface area contributed by atoms with Crippen molar-refractivity contribution in [3.05, 3.63) is 71.0 Å². The maximum Gasteiger partial charge on any atom is 0.320 e. The van der Waals surface area contributed by atoms with Crippen molar-refractivity contribution < 1.29 is 14.3 Å². The lowest BCUT2D eigenvalue weighted by molar-refractivity contribution is -0.144. The van der Waals surface area contributed by atoms with E-state index in [0.717, 1.165) is 57.0 Å². The van der Waals surface area contributed by atoms with Crippen LogP contribution in [0.3, 0.4) is 0 Å². The smallest absolute Gasteiger partial charge is 0.320 e. The minimum atomic E-state index is -0.638. The molecule has 0 amide bonds. The molecule has 38 heavy (non-hydrogen) atoms. The van der Waals surface area contributed by atoms with Crippen molar-refractivity contribution in [2.24, 2.45) is 17.8 Å². The highest BCUT2D eigenvalue weighted by Crippen LogP contribution is 2.38. The number of aryl methyl sites for hydroxylation is 2. The summed E-state index contributed by atoms with van der Waals surface area (Å²) in [5, 5.41) is 10.1. The largest absolute Gasteiger partial charge is 0.480 e. The topological polar surface area (TPSA) is 43.8 Å². The van der Waals surface area contributed by atoms with Gasteiger partial charge in [-0.05, 0) is 98.7 Å². The molecule has 2 heterocycles. The van der Waals surface area contributed by atoms with Crippen LogP contribution in [-0.4, -0.2) is 59.6 Å². The van der Waals surface area contributed by atoms with Crippen LogP contribution in [0.1, 0.15) is 74.0 Å². The van der Waals surface area contributed by atoms with Crippen LogP contribution in [0, 0.1) is 30.5 Å². The van der Waals surface area contributed by atoms with E-state index in [1.807, 2.05) is 13.0 Å². The quantitative estimate of drug-likeness (QED) is 0.366. The number of hydrogen-bond acceptors (Lipinski definition) is 3. The lowest BCUT2D eigenvalue weighted by Crippen LogP contribution is -2.43. The van der Waals surface area contributed by atoms with Crippen LogP contribution in [0.15, 0.2) is 48.5 Å². The minimum absolute atomic E-state index is 0.143. The van der Waals surface area contributed by atoms with Gasteiger partial charge in [0.05, 0.1) is 0 Å². The van der Waals surface area contributed by atoms with E-state index in [0.29, 0.717) is 17.8 Å². The van der Waals surface area contributed by atoms with Crippen molar-refractivity contribution in [2.45, 2.75) is 76.7 Å². The van der Waals surface area contributed by atoms with Gasteiger partial charge in [-0.1, -0.05) is 62.1 Å². The average Bonchev–Trinajstić information content (AvgIpc) is 3.29. The minimum Gasteiger partial charge on any atom is -0.480 e. The number of rotatable bonds is 11. The number of carboxylic acids is 1. The zero-order valence-corrected chi connectivity index (χ0v) is 23.0. The first-order valence-electron chi connectivity index (χ1n) is 15.0. The van der Waals surface area contributed by atoms with Crippen LogP contribution in [-0.2, 0) is 11.2 Å². The molecule has 206 valence electrons. The summed E-state index contributed by atoms with van der Waals surface area (Å²) in [4.78, 5) is 17.2. The van der Waals surface area contributed by atoms with Gasteiger partial charge in [0.15, 0.2) is 0 Å². The number of likely N-dealkylation sites (tertiary alicyclic amines) is 2. The summed E-state index contributed by atoms with van der Waals surface area (Å²) in [5.74, 6) is 1.46. The molecule has 0 aromatic heterocycles. The summed E-state index contributed by atoms with van der Waals surface area (Å²) in [7, 11) is 0. The molecule has 3 fully saturated rings.